The van der Waals surface area contributed by atoms with E-state index in [-0.39, 0.29) is 25.0 Å². The predicted octanol–water partition coefficient (Wildman–Crippen LogP) is 9.72. The molecular formula is C31H37FeP. The summed E-state index contributed by atoms with van der Waals surface area (Å²) in [4.78, 5) is 0. The van der Waals surface area contributed by atoms with Gasteiger partial charge >= 0.3 is 17.1 Å². The SMILES string of the molecule is CC(C)(C)P(C[c-]1ccc(-c2ccccc2)c1-c1ccccc1)C(C)(C)C.[Fe+2].c1cc[cH-]c1. The molecule has 0 bridgehead atoms. The van der Waals surface area contributed by atoms with Crippen molar-refractivity contribution in [2.45, 2.75) is 58.0 Å². The van der Waals surface area contributed by atoms with Crippen LogP contribution in [0.15, 0.2) is 103 Å². The van der Waals surface area contributed by atoms with Gasteiger partial charge in [0.25, 0.3) is 0 Å². The molecule has 0 saturated heterocycles. The first-order chi connectivity index (χ1) is 15.2. The molecule has 0 unspecified atom stereocenters. The summed E-state index contributed by atoms with van der Waals surface area (Å²) in [5.41, 5.74) is 6.90. The van der Waals surface area contributed by atoms with E-state index < -0.39 is 0 Å². The van der Waals surface area contributed by atoms with Gasteiger partial charge in [0.05, 0.1) is 0 Å². The van der Waals surface area contributed by atoms with Crippen molar-refractivity contribution in [3.05, 3.63) is 109 Å². The Morgan fingerprint density at radius 2 is 1.15 bits per heavy atom. The average molecular weight is 496 g/mol. The fourth-order valence-electron chi connectivity index (χ4n) is 4.43. The summed E-state index contributed by atoms with van der Waals surface area (Å²) < 4.78 is 0. The van der Waals surface area contributed by atoms with Crippen LogP contribution in [0.25, 0.3) is 22.3 Å². The van der Waals surface area contributed by atoms with Crippen molar-refractivity contribution < 1.29 is 17.1 Å². The summed E-state index contributed by atoms with van der Waals surface area (Å²) in [6.45, 7) is 14.5. The first-order valence-electron chi connectivity index (χ1n) is 11.5. The predicted molar refractivity (Wildman–Crippen MR) is 145 cm³/mol. The molecule has 0 atom stereocenters. The first-order valence-corrected chi connectivity index (χ1v) is 13.0. The van der Waals surface area contributed by atoms with Crippen molar-refractivity contribution in [1.29, 1.82) is 0 Å². The van der Waals surface area contributed by atoms with Crippen molar-refractivity contribution in [3.63, 3.8) is 0 Å². The summed E-state index contributed by atoms with van der Waals surface area (Å²) in [7, 11) is -0.181. The molecule has 4 rings (SSSR count). The molecule has 0 radical (unpaired) electrons. The Morgan fingerprint density at radius 3 is 1.58 bits per heavy atom. The molecule has 0 spiro atoms. The Kier molecular flexibility index (Phi) is 9.93. The second-order valence-corrected chi connectivity index (χ2v) is 14.1. The van der Waals surface area contributed by atoms with E-state index in [2.05, 4.69) is 114 Å². The van der Waals surface area contributed by atoms with E-state index in [1.165, 1.54) is 34.0 Å². The zero-order chi connectivity index (χ0) is 23.2. The van der Waals surface area contributed by atoms with E-state index in [0.717, 1.165) is 0 Å². The van der Waals surface area contributed by atoms with Gasteiger partial charge in [-0.05, 0) is 16.5 Å². The Labute approximate surface area is 213 Å². The van der Waals surface area contributed by atoms with Gasteiger partial charge in [0, 0.05) is 0 Å². The molecular weight excluding hydrogens is 459 g/mol. The molecule has 0 amide bonds. The van der Waals surface area contributed by atoms with Crippen LogP contribution in [0.4, 0.5) is 0 Å². The van der Waals surface area contributed by atoms with Crippen LogP contribution in [0, 0.1) is 0 Å². The molecule has 2 heteroatoms. The van der Waals surface area contributed by atoms with Gasteiger partial charge in [-0.15, -0.1) is 30.7 Å². The van der Waals surface area contributed by atoms with Gasteiger partial charge in [-0.1, -0.05) is 113 Å². The minimum absolute atomic E-state index is 0. The molecule has 0 aliphatic carbocycles. The molecule has 0 aliphatic rings. The van der Waals surface area contributed by atoms with E-state index in [1.54, 1.807) is 0 Å². The van der Waals surface area contributed by atoms with E-state index in [1.807, 2.05) is 30.3 Å². The second kappa shape index (κ2) is 12.0. The molecule has 0 aliphatic heterocycles. The molecule has 4 aromatic carbocycles. The maximum atomic E-state index is 2.41. The number of rotatable bonds is 4. The monoisotopic (exact) mass is 496 g/mol. The van der Waals surface area contributed by atoms with Crippen LogP contribution in [0.5, 0.6) is 0 Å². The Morgan fingerprint density at radius 1 is 0.667 bits per heavy atom. The van der Waals surface area contributed by atoms with Crippen molar-refractivity contribution in [2.75, 3.05) is 0 Å². The molecule has 0 nitrogen and oxygen atoms in total. The van der Waals surface area contributed by atoms with Gasteiger partial charge in [-0.2, -0.15) is 24.3 Å². The van der Waals surface area contributed by atoms with Crippen LogP contribution < -0.4 is 0 Å². The summed E-state index contributed by atoms with van der Waals surface area (Å²) in [5.74, 6) is 0. The number of hydrogen-bond acceptors (Lipinski definition) is 0. The van der Waals surface area contributed by atoms with E-state index in [9.17, 15) is 0 Å². The van der Waals surface area contributed by atoms with Crippen LogP contribution in [0.2, 0.25) is 0 Å². The van der Waals surface area contributed by atoms with Gasteiger partial charge in [0.2, 0.25) is 0 Å². The third kappa shape index (κ3) is 7.55. The van der Waals surface area contributed by atoms with Crippen molar-refractivity contribution >= 4 is 7.92 Å². The van der Waals surface area contributed by atoms with Gasteiger partial charge in [0.1, 0.15) is 0 Å². The van der Waals surface area contributed by atoms with Crippen LogP contribution in [0.3, 0.4) is 0 Å². The molecule has 33 heavy (non-hydrogen) atoms. The summed E-state index contributed by atoms with van der Waals surface area (Å²) in [5, 5.41) is 0.650. The van der Waals surface area contributed by atoms with Crippen molar-refractivity contribution in [1.82, 2.24) is 0 Å². The van der Waals surface area contributed by atoms with E-state index >= 15 is 0 Å². The third-order valence-electron chi connectivity index (χ3n) is 5.69. The minimum Gasteiger partial charge on any atom is -0.214 e. The van der Waals surface area contributed by atoms with Crippen LogP contribution in [-0.2, 0) is 23.2 Å². The molecule has 0 aromatic heterocycles. The number of hydrogen-bond donors (Lipinski definition) is 0. The molecule has 0 heterocycles. The maximum Gasteiger partial charge on any atom is 2.00 e. The second-order valence-electron chi connectivity index (χ2n) is 10.3. The Bertz CT molecular complexity index is 1010. The Hall–Kier alpha value is -1.91. The van der Waals surface area contributed by atoms with E-state index in [4.69, 9.17) is 0 Å². The molecule has 0 saturated carbocycles. The van der Waals surface area contributed by atoms with Gasteiger partial charge in [-0.25, -0.2) is 12.1 Å². The molecule has 0 N–H and O–H groups in total. The van der Waals surface area contributed by atoms with Crippen LogP contribution in [-0.4, -0.2) is 10.3 Å². The number of benzene rings is 2. The molecule has 0 fully saturated rings. The fraction of sp³-hybridized carbons (Fsp3) is 0.290. The first kappa shape index (κ1) is 27.3. The van der Waals surface area contributed by atoms with Gasteiger partial charge in [0.15, 0.2) is 0 Å². The van der Waals surface area contributed by atoms with E-state index in [0.29, 0.717) is 10.3 Å². The zero-order valence-corrected chi connectivity index (χ0v) is 22.8. The zero-order valence-electron chi connectivity index (χ0n) is 20.8. The standard InChI is InChI=1S/C26H32P.C5H5.Fe/c1-25(2,3)27(26(4,5)6)19-22-17-18-23(20-13-9-7-10-14-20)24(22)21-15-11-8-12-16-21;1-2-4-5-3-1;/h7-18H,19H2,1-6H3;1-5H;/q2*-1;+2. The van der Waals surface area contributed by atoms with Gasteiger partial charge < -0.3 is 0 Å². The summed E-state index contributed by atoms with van der Waals surface area (Å²) in [6.07, 6.45) is 1.17. The quantitative estimate of drug-likeness (QED) is 0.150. The normalized spacial score (nSPS) is 11.5. The topological polar surface area (TPSA) is 0 Å². The maximum absolute atomic E-state index is 2.41. The average Bonchev–Trinajstić information content (AvgIpc) is 3.45. The largest absolute Gasteiger partial charge is 2.00 e. The van der Waals surface area contributed by atoms with Crippen LogP contribution >= 0.6 is 7.92 Å². The van der Waals surface area contributed by atoms with Crippen molar-refractivity contribution in [3.8, 4) is 22.3 Å². The summed E-state index contributed by atoms with van der Waals surface area (Å²) in [6, 6.07) is 36.4. The third-order valence-corrected chi connectivity index (χ3v) is 9.59. The molecule has 4 aromatic rings. The van der Waals surface area contributed by atoms with Crippen molar-refractivity contribution in [2.24, 2.45) is 0 Å². The fourth-order valence-corrected chi connectivity index (χ4v) is 8.00. The van der Waals surface area contributed by atoms with Gasteiger partial charge in [-0.3, -0.25) is 0 Å². The molecule has 174 valence electrons. The van der Waals surface area contributed by atoms with Crippen LogP contribution in [0.1, 0.15) is 47.1 Å². The minimum atomic E-state index is -0.181. The Balaban J connectivity index is 0.000000568. The summed E-state index contributed by atoms with van der Waals surface area (Å²) >= 11 is 0. The smallest absolute Gasteiger partial charge is 0.214 e.